The first-order valence-electron chi connectivity index (χ1n) is 15.7. The van der Waals surface area contributed by atoms with E-state index in [-0.39, 0.29) is 0 Å². The Kier molecular flexibility index (Phi) is 6.40. The smallest absolute Gasteiger partial charge is 0.0540 e. The molecule has 216 valence electrons. The van der Waals surface area contributed by atoms with Crippen molar-refractivity contribution in [3.05, 3.63) is 176 Å². The van der Waals surface area contributed by atoms with Crippen LogP contribution < -0.4 is 4.90 Å². The van der Waals surface area contributed by atoms with E-state index in [0.717, 1.165) is 17.1 Å². The van der Waals surface area contributed by atoms with E-state index in [1.165, 1.54) is 64.0 Å². The van der Waals surface area contributed by atoms with Crippen LogP contribution in [-0.4, -0.2) is 0 Å². The van der Waals surface area contributed by atoms with Gasteiger partial charge in [-0.1, -0.05) is 140 Å². The first-order chi connectivity index (χ1) is 22.8. The number of rotatable bonds is 5. The van der Waals surface area contributed by atoms with Gasteiger partial charge in [-0.05, 0) is 74.8 Å². The molecule has 1 aromatic heterocycles. The van der Waals surface area contributed by atoms with E-state index in [1.807, 2.05) is 11.3 Å². The SMILES string of the molecule is c1ccc(-c2ccc(N(c3ccc4sc5c6ccccc6ccc5c4c3)c3ccc(-c4ccccc4)c4ccccc34)cc2)cc1. The Labute approximate surface area is 272 Å². The zero-order valence-corrected chi connectivity index (χ0v) is 25.9. The van der Waals surface area contributed by atoms with Gasteiger partial charge in [-0.3, -0.25) is 0 Å². The zero-order valence-electron chi connectivity index (χ0n) is 25.1. The summed E-state index contributed by atoms with van der Waals surface area (Å²) < 4.78 is 2.65. The molecule has 9 rings (SSSR count). The third kappa shape index (κ3) is 4.46. The van der Waals surface area contributed by atoms with Crippen LogP contribution in [-0.2, 0) is 0 Å². The highest BCUT2D eigenvalue weighted by Gasteiger charge is 2.19. The van der Waals surface area contributed by atoms with Gasteiger partial charge in [-0.25, -0.2) is 0 Å². The molecule has 0 bridgehead atoms. The fraction of sp³-hybridized carbons (Fsp3) is 0. The molecule has 0 aliphatic heterocycles. The quantitative estimate of drug-likeness (QED) is 0.189. The molecular formula is C44H29NS. The summed E-state index contributed by atoms with van der Waals surface area (Å²) in [5.74, 6) is 0. The van der Waals surface area contributed by atoms with Crippen molar-refractivity contribution in [1.82, 2.24) is 0 Å². The van der Waals surface area contributed by atoms with E-state index in [9.17, 15) is 0 Å². The molecule has 0 N–H and O–H groups in total. The van der Waals surface area contributed by atoms with Crippen molar-refractivity contribution >= 4 is 70.1 Å². The van der Waals surface area contributed by atoms with Crippen LogP contribution in [0.25, 0.3) is 64.0 Å². The molecule has 0 fully saturated rings. The molecular weight excluding hydrogens is 575 g/mol. The van der Waals surface area contributed by atoms with Crippen LogP contribution >= 0.6 is 11.3 Å². The van der Waals surface area contributed by atoms with Gasteiger partial charge in [-0.15, -0.1) is 11.3 Å². The highest BCUT2D eigenvalue weighted by Crippen LogP contribution is 2.45. The number of nitrogens with zero attached hydrogens (tertiary/aromatic N) is 1. The van der Waals surface area contributed by atoms with Gasteiger partial charge >= 0.3 is 0 Å². The molecule has 0 unspecified atom stereocenters. The number of benzene rings is 8. The van der Waals surface area contributed by atoms with Crippen molar-refractivity contribution in [2.75, 3.05) is 4.90 Å². The van der Waals surface area contributed by atoms with Gasteiger partial charge in [0.05, 0.1) is 5.69 Å². The molecule has 46 heavy (non-hydrogen) atoms. The van der Waals surface area contributed by atoms with E-state index in [1.54, 1.807) is 0 Å². The highest BCUT2D eigenvalue weighted by molar-refractivity contribution is 7.26. The predicted molar refractivity (Wildman–Crippen MR) is 200 cm³/mol. The van der Waals surface area contributed by atoms with E-state index in [2.05, 4.69) is 181 Å². The molecule has 1 heterocycles. The summed E-state index contributed by atoms with van der Waals surface area (Å²) in [5, 5.41) is 7.66. The standard InChI is InChI=1S/C44H29NS/c1-3-11-30(12-4-1)31-19-22-34(23-20-31)45(42-27-26-36(32-13-5-2-6-14-32)38-17-9-10-18-39(38)42)35-24-28-43-41(29-35)40-25-21-33-15-7-8-16-37(33)44(40)46-43/h1-29H. The van der Waals surface area contributed by atoms with Crippen molar-refractivity contribution in [3.63, 3.8) is 0 Å². The van der Waals surface area contributed by atoms with Crippen LogP contribution in [0.15, 0.2) is 176 Å². The second-order valence-corrected chi connectivity index (χ2v) is 12.8. The van der Waals surface area contributed by atoms with E-state index in [4.69, 9.17) is 0 Å². The summed E-state index contributed by atoms with van der Waals surface area (Å²) in [6.45, 7) is 0. The third-order valence-corrected chi connectivity index (χ3v) is 10.3. The van der Waals surface area contributed by atoms with Crippen molar-refractivity contribution in [2.24, 2.45) is 0 Å². The minimum atomic E-state index is 1.13. The molecule has 0 atom stereocenters. The monoisotopic (exact) mass is 603 g/mol. The first-order valence-corrected chi connectivity index (χ1v) is 16.5. The lowest BCUT2D eigenvalue weighted by molar-refractivity contribution is 1.30. The molecule has 1 nitrogen and oxygen atoms in total. The lowest BCUT2D eigenvalue weighted by atomic mass is 9.96. The van der Waals surface area contributed by atoms with Gasteiger partial charge in [-0.2, -0.15) is 0 Å². The molecule has 0 amide bonds. The maximum Gasteiger partial charge on any atom is 0.0540 e. The van der Waals surface area contributed by atoms with E-state index >= 15 is 0 Å². The topological polar surface area (TPSA) is 3.24 Å². The van der Waals surface area contributed by atoms with Gasteiger partial charge in [0.15, 0.2) is 0 Å². The van der Waals surface area contributed by atoms with Crippen molar-refractivity contribution in [2.45, 2.75) is 0 Å². The van der Waals surface area contributed by atoms with Gasteiger partial charge in [0, 0.05) is 36.9 Å². The summed E-state index contributed by atoms with van der Waals surface area (Å²) in [6.07, 6.45) is 0. The van der Waals surface area contributed by atoms with Crippen LogP contribution in [0.3, 0.4) is 0 Å². The molecule has 2 heteroatoms. The molecule has 8 aromatic carbocycles. The van der Waals surface area contributed by atoms with Crippen LogP contribution in [0.5, 0.6) is 0 Å². The maximum atomic E-state index is 2.43. The minimum Gasteiger partial charge on any atom is -0.310 e. The number of hydrogen-bond donors (Lipinski definition) is 0. The molecule has 0 spiro atoms. The Morgan fingerprint density at radius 2 is 1.00 bits per heavy atom. The average Bonchev–Trinajstić information content (AvgIpc) is 3.51. The molecule has 0 aliphatic rings. The Morgan fingerprint density at radius 3 is 1.78 bits per heavy atom. The Hall–Kier alpha value is -5.70. The predicted octanol–water partition coefficient (Wildman–Crippen LogP) is 13.2. The van der Waals surface area contributed by atoms with Gasteiger partial charge < -0.3 is 4.90 Å². The normalized spacial score (nSPS) is 11.5. The summed E-state index contributed by atoms with van der Waals surface area (Å²) in [5.41, 5.74) is 8.32. The maximum absolute atomic E-state index is 2.43. The minimum absolute atomic E-state index is 1.13. The number of thiophene rings is 1. The number of anilines is 3. The van der Waals surface area contributed by atoms with E-state index < -0.39 is 0 Å². The lowest BCUT2D eigenvalue weighted by Crippen LogP contribution is -2.10. The van der Waals surface area contributed by atoms with Gasteiger partial charge in [0.1, 0.15) is 0 Å². The fourth-order valence-corrected chi connectivity index (χ4v) is 8.06. The first kappa shape index (κ1) is 26.7. The second-order valence-electron chi connectivity index (χ2n) is 11.7. The molecule has 0 aliphatic carbocycles. The van der Waals surface area contributed by atoms with Gasteiger partial charge in [0.25, 0.3) is 0 Å². The molecule has 0 saturated heterocycles. The molecule has 9 aromatic rings. The second kappa shape index (κ2) is 11.0. The van der Waals surface area contributed by atoms with E-state index in [0.29, 0.717) is 0 Å². The zero-order chi connectivity index (χ0) is 30.5. The average molecular weight is 604 g/mol. The Balaban J connectivity index is 1.27. The highest BCUT2D eigenvalue weighted by atomic mass is 32.1. The van der Waals surface area contributed by atoms with Crippen LogP contribution in [0.1, 0.15) is 0 Å². The summed E-state index contributed by atoms with van der Waals surface area (Å²) in [7, 11) is 0. The van der Waals surface area contributed by atoms with Crippen LogP contribution in [0.4, 0.5) is 17.1 Å². The van der Waals surface area contributed by atoms with Gasteiger partial charge in [0.2, 0.25) is 0 Å². The third-order valence-electron chi connectivity index (χ3n) is 9.06. The number of fused-ring (bicyclic) bond motifs is 6. The fourth-order valence-electron chi connectivity index (χ4n) is 6.84. The number of hydrogen-bond acceptors (Lipinski definition) is 2. The summed E-state index contributed by atoms with van der Waals surface area (Å²) in [6, 6.07) is 63.9. The summed E-state index contributed by atoms with van der Waals surface area (Å²) in [4.78, 5) is 2.43. The van der Waals surface area contributed by atoms with Crippen LogP contribution in [0.2, 0.25) is 0 Å². The Bertz CT molecular complexity index is 2510. The van der Waals surface area contributed by atoms with Crippen molar-refractivity contribution < 1.29 is 0 Å². The lowest BCUT2D eigenvalue weighted by Gasteiger charge is -2.28. The molecule has 0 radical (unpaired) electrons. The van der Waals surface area contributed by atoms with Crippen LogP contribution in [0, 0.1) is 0 Å². The summed E-state index contributed by atoms with van der Waals surface area (Å²) >= 11 is 1.89. The Morgan fingerprint density at radius 1 is 0.370 bits per heavy atom. The van der Waals surface area contributed by atoms with Crippen molar-refractivity contribution in [3.8, 4) is 22.3 Å². The molecule has 0 saturated carbocycles. The van der Waals surface area contributed by atoms with Crippen molar-refractivity contribution in [1.29, 1.82) is 0 Å². The largest absolute Gasteiger partial charge is 0.310 e.